The summed E-state index contributed by atoms with van der Waals surface area (Å²) in [4.78, 5) is 43.4. The fourth-order valence-corrected chi connectivity index (χ4v) is 3.11. The Kier molecular flexibility index (Phi) is 7.20. The van der Waals surface area contributed by atoms with Crippen LogP contribution in [-0.2, 0) is 33.3 Å². The van der Waals surface area contributed by atoms with Crippen molar-refractivity contribution in [2.45, 2.75) is 39.0 Å². The van der Waals surface area contributed by atoms with Crippen molar-refractivity contribution in [3.05, 3.63) is 29.8 Å². The first-order valence-electron chi connectivity index (χ1n) is 9.61. The number of hydrogen-bond acceptors (Lipinski definition) is 9. The van der Waals surface area contributed by atoms with Crippen LogP contribution in [0.1, 0.15) is 33.3 Å². The minimum atomic E-state index is -2.39. The van der Waals surface area contributed by atoms with Gasteiger partial charge in [-0.3, -0.25) is 0 Å². The van der Waals surface area contributed by atoms with Crippen LogP contribution in [0.5, 0.6) is 5.75 Å². The minimum Gasteiger partial charge on any atom is -0.497 e. The molecule has 0 aromatic heterocycles. The van der Waals surface area contributed by atoms with Gasteiger partial charge >= 0.3 is 23.5 Å². The lowest BCUT2D eigenvalue weighted by molar-refractivity contribution is -0.205. The molecule has 1 aliphatic rings. The first kappa shape index (κ1) is 23.3. The zero-order chi connectivity index (χ0) is 22.5. The van der Waals surface area contributed by atoms with E-state index in [9.17, 15) is 14.4 Å². The Morgan fingerprint density at radius 3 is 1.90 bits per heavy atom. The van der Waals surface area contributed by atoms with Crippen LogP contribution in [0.2, 0.25) is 0 Å². The summed E-state index contributed by atoms with van der Waals surface area (Å²) in [5.74, 6) is -2.92. The summed E-state index contributed by atoms with van der Waals surface area (Å²) < 4.78 is 26.3. The van der Waals surface area contributed by atoms with Crippen LogP contribution in [0.3, 0.4) is 0 Å². The van der Waals surface area contributed by atoms with E-state index in [2.05, 4.69) is 4.99 Å². The lowest BCUT2D eigenvalue weighted by Crippen LogP contribution is -2.58. The molecule has 1 aromatic carbocycles. The number of carbonyl (C=O) groups excluding carboxylic acids is 3. The van der Waals surface area contributed by atoms with Crippen molar-refractivity contribution in [3.63, 3.8) is 0 Å². The van der Waals surface area contributed by atoms with Gasteiger partial charge in [0, 0.05) is 11.5 Å². The minimum absolute atomic E-state index is 0.0217. The Balaban J connectivity index is 2.81. The number of rotatable bonds is 8. The molecule has 1 heterocycles. The molecular formula is C21H27NO8. The molecule has 0 saturated carbocycles. The first-order chi connectivity index (χ1) is 14.2. The van der Waals surface area contributed by atoms with Gasteiger partial charge in [0.1, 0.15) is 11.5 Å². The van der Waals surface area contributed by atoms with Crippen LogP contribution in [0.15, 0.2) is 29.3 Å². The molecule has 0 amide bonds. The molecular weight excluding hydrogens is 394 g/mol. The van der Waals surface area contributed by atoms with Gasteiger partial charge in [-0.05, 0) is 38.1 Å². The largest absolute Gasteiger partial charge is 0.497 e. The van der Waals surface area contributed by atoms with E-state index in [1.165, 1.54) is 14.2 Å². The zero-order valence-electron chi connectivity index (χ0n) is 18.0. The number of carbonyl (C=O) groups is 3. The van der Waals surface area contributed by atoms with Crippen molar-refractivity contribution >= 4 is 23.6 Å². The Bertz CT molecular complexity index is 812. The molecule has 1 unspecified atom stereocenters. The maximum Gasteiger partial charge on any atom is 0.361 e. The third-order valence-corrected chi connectivity index (χ3v) is 4.67. The Hall–Kier alpha value is -2.94. The van der Waals surface area contributed by atoms with Gasteiger partial charge in [0.2, 0.25) is 0 Å². The molecule has 1 aromatic rings. The van der Waals surface area contributed by atoms with E-state index in [-0.39, 0.29) is 18.9 Å². The lowest BCUT2D eigenvalue weighted by Gasteiger charge is -2.32. The van der Waals surface area contributed by atoms with Crippen LogP contribution in [-0.4, -0.2) is 62.4 Å². The molecule has 0 radical (unpaired) electrons. The lowest BCUT2D eigenvalue weighted by atomic mass is 9.92. The molecule has 2 rings (SSSR count). The Labute approximate surface area is 175 Å². The summed E-state index contributed by atoms with van der Waals surface area (Å²) in [7, 11) is 2.68. The smallest absolute Gasteiger partial charge is 0.361 e. The van der Waals surface area contributed by atoms with Crippen molar-refractivity contribution in [2.75, 3.05) is 27.4 Å². The van der Waals surface area contributed by atoms with Crippen molar-refractivity contribution in [3.8, 4) is 5.75 Å². The quantitative estimate of drug-likeness (QED) is 0.356. The molecule has 9 heteroatoms. The average molecular weight is 421 g/mol. The number of hydrogen-bond donors (Lipinski definition) is 0. The maximum atomic E-state index is 13.1. The second-order valence-electron chi connectivity index (χ2n) is 6.76. The van der Waals surface area contributed by atoms with E-state index in [1.54, 1.807) is 52.0 Å². The van der Waals surface area contributed by atoms with Crippen LogP contribution in [0.25, 0.3) is 0 Å². The number of aliphatic imine (C=N–C) groups is 1. The van der Waals surface area contributed by atoms with Gasteiger partial charge in [0.05, 0.1) is 27.4 Å². The summed E-state index contributed by atoms with van der Waals surface area (Å²) in [6.45, 7) is 6.47. The number of methoxy groups -OCH3 is 2. The van der Waals surface area contributed by atoms with Gasteiger partial charge in [-0.2, -0.15) is 0 Å². The van der Waals surface area contributed by atoms with Gasteiger partial charge < -0.3 is 23.7 Å². The molecule has 9 nitrogen and oxygen atoms in total. The number of benzene rings is 1. The summed E-state index contributed by atoms with van der Waals surface area (Å²) in [6.07, 6.45) is 0. The highest BCUT2D eigenvalue weighted by atomic mass is 16.7. The van der Waals surface area contributed by atoms with Gasteiger partial charge in [0.15, 0.2) is 0 Å². The second kappa shape index (κ2) is 9.25. The summed E-state index contributed by atoms with van der Waals surface area (Å²) in [5.41, 5.74) is -4.06. The van der Waals surface area contributed by atoms with E-state index in [4.69, 9.17) is 23.7 Å². The van der Waals surface area contributed by atoms with Crippen LogP contribution >= 0.6 is 0 Å². The highest BCUT2D eigenvalue weighted by Gasteiger charge is 2.67. The van der Waals surface area contributed by atoms with Crippen molar-refractivity contribution < 1.29 is 38.1 Å². The third-order valence-electron chi connectivity index (χ3n) is 4.67. The van der Waals surface area contributed by atoms with Gasteiger partial charge in [0.25, 0.3) is 5.72 Å². The van der Waals surface area contributed by atoms with Crippen molar-refractivity contribution in [2.24, 2.45) is 10.9 Å². The van der Waals surface area contributed by atoms with E-state index < -0.39 is 35.2 Å². The van der Waals surface area contributed by atoms with Gasteiger partial charge in [-0.25, -0.2) is 19.4 Å². The van der Waals surface area contributed by atoms with Crippen LogP contribution in [0, 0.1) is 5.92 Å². The topological polar surface area (TPSA) is 110 Å². The zero-order valence-corrected chi connectivity index (χ0v) is 18.0. The number of ether oxygens (including phenoxy) is 5. The molecule has 164 valence electrons. The molecule has 0 aliphatic carbocycles. The molecule has 0 fully saturated rings. The molecule has 0 spiro atoms. The summed E-state index contributed by atoms with van der Waals surface area (Å²) in [5, 5.41) is 0. The predicted octanol–water partition coefficient (Wildman–Crippen LogP) is 1.90. The van der Waals surface area contributed by atoms with Gasteiger partial charge in [-0.1, -0.05) is 13.8 Å². The summed E-state index contributed by atoms with van der Waals surface area (Å²) >= 11 is 0. The highest BCUT2D eigenvalue weighted by molar-refractivity contribution is 6.32. The second-order valence-corrected chi connectivity index (χ2v) is 6.76. The normalized spacial score (nSPS) is 19.8. The Morgan fingerprint density at radius 2 is 1.50 bits per heavy atom. The molecule has 0 bridgehead atoms. The standard InChI is InChI=1S/C21H27NO8/c1-7-28-17(23)20(18(24)29-8-2)16(14-9-11-15(26-5)12-10-14)22-21(30-20,13(3)4)19(25)27-6/h9-13H,7-8H2,1-6H3. The molecule has 1 atom stereocenters. The number of nitrogens with zero attached hydrogens (tertiary/aromatic N) is 1. The van der Waals surface area contributed by atoms with Gasteiger partial charge in [-0.15, -0.1) is 0 Å². The number of esters is 3. The molecule has 1 aliphatic heterocycles. The Morgan fingerprint density at radius 1 is 0.967 bits per heavy atom. The third kappa shape index (κ3) is 3.77. The monoisotopic (exact) mass is 421 g/mol. The fourth-order valence-electron chi connectivity index (χ4n) is 3.11. The highest BCUT2D eigenvalue weighted by Crippen LogP contribution is 2.42. The van der Waals surface area contributed by atoms with Crippen LogP contribution in [0.4, 0.5) is 0 Å². The first-order valence-corrected chi connectivity index (χ1v) is 9.61. The SMILES string of the molecule is CCOC(=O)C1(C(=O)OCC)OC(C(=O)OC)(C(C)C)N=C1c1ccc(OC)cc1. The van der Waals surface area contributed by atoms with E-state index in [0.29, 0.717) is 11.3 Å². The molecule has 30 heavy (non-hydrogen) atoms. The molecule has 0 N–H and O–H groups in total. The predicted molar refractivity (Wildman–Crippen MR) is 106 cm³/mol. The van der Waals surface area contributed by atoms with E-state index in [1.807, 2.05) is 0 Å². The van der Waals surface area contributed by atoms with Crippen molar-refractivity contribution in [1.29, 1.82) is 0 Å². The van der Waals surface area contributed by atoms with Crippen molar-refractivity contribution in [1.82, 2.24) is 0 Å². The average Bonchev–Trinajstić information content (AvgIpc) is 3.12. The van der Waals surface area contributed by atoms with E-state index in [0.717, 1.165) is 0 Å². The maximum absolute atomic E-state index is 13.1. The molecule has 0 saturated heterocycles. The van der Waals surface area contributed by atoms with Crippen LogP contribution < -0.4 is 4.74 Å². The van der Waals surface area contributed by atoms with E-state index >= 15 is 0 Å². The summed E-state index contributed by atoms with van der Waals surface area (Å²) in [6, 6.07) is 6.46. The fraction of sp³-hybridized carbons (Fsp3) is 0.524.